The largest absolute Gasteiger partial charge is 0.481 e. The number of rotatable bonds is 2. The van der Waals surface area contributed by atoms with Crippen molar-refractivity contribution in [1.82, 2.24) is 0 Å². The summed E-state index contributed by atoms with van der Waals surface area (Å²) in [6.45, 7) is 0. The summed E-state index contributed by atoms with van der Waals surface area (Å²) in [5.41, 5.74) is 0.280. The molecule has 3 heteroatoms. The lowest BCUT2D eigenvalue weighted by Crippen LogP contribution is -2.19. The van der Waals surface area contributed by atoms with Crippen LogP contribution >= 0.6 is 15.9 Å². The van der Waals surface area contributed by atoms with E-state index in [0.29, 0.717) is 0 Å². The predicted molar refractivity (Wildman–Crippen MR) is 70.2 cm³/mol. The van der Waals surface area contributed by atoms with Gasteiger partial charge in [0.15, 0.2) is 0 Å². The number of aliphatic carboxylic acids is 1. The molecular formula is C14H11BrO2. The average Bonchev–Trinajstić information content (AvgIpc) is 3.10. The van der Waals surface area contributed by atoms with Gasteiger partial charge in [0.05, 0.1) is 5.41 Å². The molecule has 2 aromatic rings. The molecule has 3 rings (SSSR count). The quantitative estimate of drug-likeness (QED) is 0.915. The molecule has 0 aliphatic heterocycles. The fourth-order valence-corrected chi connectivity index (χ4v) is 2.90. The molecule has 86 valence electrons. The summed E-state index contributed by atoms with van der Waals surface area (Å²) in [4.78, 5) is 11.3. The van der Waals surface area contributed by atoms with Crippen LogP contribution in [0.5, 0.6) is 0 Å². The highest BCUT2D eigenvalue weighted by molar-refractivity contribution is 9.10. The van der Waals surface area contributed by atoms with Crippen LogP contribution in [-0.2, 0) is 10.2 Å². The second kappa shape index (κ2) is 3.57. The van der Waals surface area contributed by atoms with E-state index in [0.717, 1.165) is 33.7 Å². The number of carboxylic acid groups (broad SMARTS) is 1. The van der Waals surface area contributed by atoms with E-state index in [1.54, 1.807) is 0 Å². The molecule has 0 aromatic heterocycles. The van der Waals surface area contributed by atoms with Crippen molar-refractivity contribution in [2.75, 3.05) is 0 Å². The molecule has 1 saturated carbocycles. The number of halogens is 1. The highest BCUT2D eigenvalue weighted by Gasteiger charge is 2.51. The fraction of sp³-hybridized carbons (Fsp3) is 0.214. The summed E-state index contributed by atoms with van der Waals surface area (Å²) in [5.74, 6) is -0.709. The molecule has 0 heterocycles. The van der Waals surface area contributed by atoms with Gasteiger partial charge in [0, 0.05) is 4.47 Å². The monoisotopic (exact) mass is 290 g/mol. The van der Waals surface area contributed by atoms with Gasteiger partial charge in [-0.1, -0.05) is 40.2 Å². The third-order valence-corrected chi connectivity index (χ3v) is 4.18. The van der Waals surface area contributed by atoms with Gasteiger partial charge in [-0.2, -0.15) is 0 Å². The number of carbonyl (C=O) groups is 1. The second-order valence-electron chi connectivity index (χ2n) is 4.57. The Kier molecular flexibility index (Phi) is 2.26. The van der Waals surface area contributed by atoms with Gasteiger partial charge in [0.2, 0.25) is 0 Å². The van der Waals surface area contributed by atoms with E-state index in [-0.39, 0.29) is 0 Å². The first-order chi connectivity index (χ1) is 8.13. The zero-order valence-electron chi connectivity index (χ0n) is 9.11. The molecule has 1 fully saturated rings. The van der Waals surface area contributed by atoms with E-state index >= 15 is 0 Å². The normalized spacial score (nSPS) is 17.0. The molecule has 17 heavy (non-hydrogen) atoms. The van der Waals surface area contributed by atoms with Gasteiger partial charge in [0.1, 0.15) is 0 Å². The van der Waals surface area contributed by atoms with Crippen LogP contribution in [0.1, 0.15) is 18.4 Å². The third kappa shape index (κ3) is 1.57. The summed E-state index contributed by atoms with van der Waals surface area (Å²) in [6.07, 6.45) is 1.49. The Morgan fingerprint density at radius 2 is 1.94 bits per heavy atom. The molecule has 0 atom stereocenters. The minimum absolute atomic E-state index is 0.632. The summed E-state index contributed by atoms with van der Waals surface area (Å²) in [7, 11) is 0. The SMILES string of the molecule is O=C(O)C1(c2cc(Br)c3ccccc3c2)CC1. The lowest BCUT2D eigenvalue weighted by molar-refractivity contribution is -0.140. The topological polar surface area (TPSA) is 37.3 Å². The molecule has 1 aliphatic rings. The van der Waals surface area contributed by atoms with Gasteiger partial charge in [-0.05, 0) is 41.3 Å². The number of carboxylic acids is 1. The van der Waals surface area contributed by atoms with E-state index in [2.05, 4.69) is 15.9 Å². The highest BCUT2D eigenvalue weighted by atomic mass is 79.9. The predicted octanol–water partition coefficient (Wildman–Crippen LogP) is 3.72. The van der Waals surface area contributed by atoms with Crippen molar-refractivity contribution >= 4 is 32.7 Å². The van der Waals surface area contributed by atoms with Gasteiger partial charge in [-0.15, -0.1) is 0 Å². The Bertz CT molecular complexity index is 615. The minimum Gasteiger partial charge on any atom is -0.481 e. The van der Waals surface area contributed by atoms with E-state index in [1.807, 2.05) is 36.4 Å². The highest BCUT2D eigenvalue weighted by Crippen LogP contribution is 2.49. The van der Waals surface area contributed by atoms with Gasteiger partial charge < -0.3 is 5.11 Å². The maximum atomic E-state index is 11.3. The van der Waals surface area contributed by atoms with Crippen molar-refractivity contribution in [3.8, 4) is 0 Å². The van der Waals surface area contributed by atoms with E-state index in [1.165, 1.54) is 0 Å². The number of benzene rings is 2. The van der Waals surface area contributed by atoms with Crippen molar-refractivity contribution in [3.05, 3.63) is 46.4 Å². The lowest BCUT2D eigenvalue weighted by Gasteiger charge is -2.12. The van der Waals surface area contributed by atoms with Gasteiger partial charge in [0.25, 0.3) is 0 Å². The molecule has 2 aromatic carbocycles. The molecule has 0 unspecified atom stereocenters. The Hall–Kier alpha value is -1.35. The van der Waals surface area contributed by atoms with Crippen LogP contribution in [0.15, 0.2) is 40.9 Å². The number of hydrogen-bond acceptors (Lipinski definition) is 1. The van der Waals surface area contributed by atoms with Crippen LogP contribution in [0.4, 0.5) is 0 Å². The summed E-state index contributed by atoms with van der Waals surface area (Å²) in [6, 6.07) is 11.9. The first kappa shape index (κ1) is 10.8. The van der Waals surface area contributed by atoms with Crippen molar-refractivity contribution < 1.29 is 9.90 Å². The first-order valence-corrected chi connectivity index (χ1v) is 6.35. The van der Waals surface area contributed by atoms with Crippen LogP contribution in [-0.4, -0.2) is 11.1 Å². The van der Waals surface area contributed by atoms with Crippen molar-refractivity contribution in [3.63, 3.8) is 0 Å². The molecule has 0 saturated heterocycles. The smallest absolute Gasteiger partial charge is 0.314 e. The first-order valence-electron chi connectivity index (χ1n) is 5.56. The molecule has 0 bridgehead atoms. The van der Waals surface area contributed by atoms with Crippen LogP contribution in [0, 0.1) is 0 Å². The standard InChI is InChI=1S/C14H11BrO2/c15-12-8-10(14(5-6-14)13(16)17)7-9-3-1-2-4-11(9)12/h1-4,7-8H,5-6H2,(H,16,17). The number of hydrogen-bond donors (Lipinski definition) is 1. The molecule has 0 amide bonds. The zero-order chi connectivity index (χ0) is 12.0. The minimum atomic E-state index is -0.709. The van der Waals surface area contributed by atoms with Crippen molar-refractivity contribution in [1.29, 1.82) is 0 Å². The number of fused-ring (bicyclic) bond motifs is 1. The van der Waals surface area contributed by atoms with Crippen LogP contribution in [0.25, 0.3) is 10.8 Å². The fourth-order valence-electron chi connectivity index (χ4n) is 2.29. The summed E-state index contributed by atoms with van der Waals surface area (Å²) >= 11 is 3.52. The Balaban J connectivity index is 2.23. The molecule has 1 aliphatic carbocycles. The maximum absolute atomic E-state index is 11.3. The van der Waals surface area contributed by atoms with Crippen LogP contribution in [0.3, 0.4) is 0 Å². The molecule has 1 N–H and O–H groups in total. The average molecular weight is 291 g/mol. The van der Waals surface area contributed by atoms with Gasteiger partial charge >= 0.3 is 5.97 Å². The Labute approximate surface area is 107 Å². The lowest BCUT2D eigenvalue weighted by atomic mass is 9.94. The van der Waals surface area contributed by atoms with Crippen molar-refractivity contribution in [2.45, 2.75) is 18.3 Å². The molecular weight excluding hydrogens is 280 g/mol. The third-order valence-electron chi connectivity index (χ3n) is 3.52. The Morgan fingerprint density at radius 1 is 1.24 bits per heavy atom. The van der Waals surface area contributed by atoms with Gasteiger partial charge in [-0.3, -0.25) is 4.79 Å². The maximum Gasteiger partial charge on any atom is 0.314 e. The van der Waals surface area contributed by atoms with Crippen LogP contribution < -0.4 is 0 Å². The van der Waals surface area contributed by atoms with E-state index < -0.39 is 11.4 Å². The molecule has 0 radical (unpaired) electrons. The van der Waals surface area contributed by atoms with Crippen LogP contribution in [0.2, 0.25) is 0 Å². The van der Waals surface area contributed by atoms with E-state index in [4.69, 9.17) is 0 Å². The van der Waals surface area contributed by atoms with Gasteiger partial charge in [-0.25, -0.2) is 0 Å². The summed E-state index contributed by atoms with van der Waals surface area (Å²) in [5, 5.41) is 11.5. The zero-order valence-corrected chi connectivity index (χ0v) is 10.7. The van der Waals surface area contributed by atoms with Crippen molar-refractivity contribution in [2.24, 2.45) is 0 Å². The molecule has 2 nitrogen and oxygen atoms in total. The van der Waals surface area contributed by atoms with E-state index in [9.17, 15) is 9.90 Å². The summed E-state index contributed by atoms with van der Waals surface area (Å²) < 4.78 is 0.970. The molecule has 0 spiro atoms. The Morgan fingerprint density at radius 3 is 2.59 bits per heavy atom. The second-order valence-corrected chi connectivity index (χ2v) is 5.42.